The minimum absolute atomic E-state index is 0.0326. The van der Waals surface area contributed by atoms with Gasteiger partial charge in [-0.15, -0.1) is 0 Å². The molecule has 0 N–H and O–H groups in total. The fraction of sp³-hybridized carbons (Fsp3) is 0.308. The normalized spacial score (nSPS) is 23.9. The Morgan fingerprint density at radius 2 is 2.06 bits per heavy atom. The highest BCUT2D eigenvalue weighted by Crippen LogP contribution is 2.36. The van der Waals surface area contributed by atoms with E-state index in [0.29, 0.717) is 5.56 Å². The van der Waals surface area contributed by atoms with Crippen LogP contribution in [0, 0.1) is 0 Å². The number of ketones is 1. The number of allylic oxidation sites excluding steroid dienone is 1. The molecule has 1 atom stereocenters. The standard InChI is InChI=1S/C13H11F3O2/c1-12(8-11(17)5-6-18-12)9-3-2-4-10(7-9)13(14,15)16/h2-7H,8H2,1H3. The summed E-state index contributed by atoms with van der Waals surface area (Å²) in [4.78, 5) is 11.3. The Morgan fingerprint density at radius 3 is 2.67 bits per heavy atom. The lowest BCUT2D eigenvalue weighted by molar-refractivity contribution is -0.137. The molecule has 0 saturated heterocycles. The van der Waals surface area contributed by atoms with Crippen LogP contribution in [0.4, 0.5) is 13.2 Å². The monoisotopic (exact) mass is 256 g/mol. The summed E-state index contributed by atoms with van der Waals surface area (Å²) in [5.74, 6) is -0.166. The Labute approximate surface area is 102 Å². The molecule has 0 aromatic heterocycles. The van der Waals surface area contributed by atoms with E-state index in [-0.39, 0.29) is 12.2 Å². The number of hydrogen-bond acceptors (Lipinski definition) is 2. The van der Waals surface area contributed by atoms with E-state index in [9.17, 15) is 18.0 Å². The summed E-state index contributed by atoms with van der Waals surface area (Å²) in [7, 11) is 0. The molecule has 1 aromatic rings. The number of halogens is 3. The molecule has 18 heavy (non-hydrogen) atoms. The molecule has 2 nitrogen and oxygen atoms in total. The van der Waals surface area contributed by atoms with Crippen LogP contribution in [0.1, 0.15) is 24.5 Å². The lowest BCUT2D eigenvalue weighted by atomic mass is 9.88. The van der Waals surface area contributed by atoms with Gasteiger partial charge in [0.15, 0.2) is 5.78 Å². The van der Waals surface area contributed by atoms with E-state index >= 15 is 0 Å². The summed E-state index contributed by atoms with van der Waals surface area (Å²) >= 11 is 0. The lowest BCUT2D eigenvalue weighted by Crippen LogP contribution is -2.30. The molecule has 5 heteroatoms. The summed E-state index contributed by atoms with van der Waals surface area (Å²) in [5, 5.41) is 0. The molecule has 0 saturated carbocycles. The molecular weight excluding hydrogens is 245 g/mol. The lowest BCUT2D eigenvalue weighted by Gasteiger charge is -2.31. The molecule has 2 rings (SSSR count). The van der Waals surface area contributed by atoms with E-state index in [4.69, 9.17) is 4.74 Å². The third-order valence-electron chi connectivity index (χ3n) is 2.89. The predicted molar refractivity (Wildman–Crippen MR) is 58.6 cm³/mol. The first-order chi connectivity index (χ1) is 8.31. The fourth-order valence-corrected chi connectivity index (χ4v) is 1.89. The first kappa shape index (κ1) is 12.7. The van der Waals surface area contributed by atoms with Gasteiger partial charge in [-0.2, -0.15) is 13.2 Å². The van der Waals surface area contributed by atoms with E-state index in [1.54, 1.807) is 6.92 Å². The van der Waals surface area contributed by atoms with Gasteiger partial charge >= 0.3 is 6.18 Å². The highest BCUT2D eigenvalue weighted by atomic mass is 19.4. The van der Waals surface area contributed by atoms with Crippen molar-refractivity contribution in [2.45, 2.75) is 25.1 Å². The van der Waals surface area contributed by atoms with Gasteiger partial charge < -0.3 is 4.74 Å². The van der Waals surface area contributed by atoms with Crippen LogP contribution >= 0.6 is 0 Å². The number of rotatable bonds is 1. The van der Waals surface area contributed by atoms with Crippen LogP contribution in [0.2, 0.25) is 0 Å². The maximum atomic E-state index is 12.6. The smallest absolute Gasteiger partial charge is 0.416 e. The average molecular weight is 256 g/mol. The van der Waals surface area contributed by atoms with E-state index in [2.05, 4.69) is 0 Å². The van der Waals surface area contributed by atoms with Gasteiger partial charge in [0.05, 0.1) is 18.2 Å². The number of hydrogen-bond donors (Lipinski definition) is 0. The maximum Gasteiger partial charge on any atom is 0.416 e. The molecule has 0 radical (unpaired) electrons. The first-order valence-corrected chi connectivity index (χ1v) is 5.36. The topological polar surface area (TPSA) is 26.3 Å². The Hall–Kier alpha value is -1.78. The van der Waals surface area contributed by atoms with Crippen molar-refractivity contribution in [1.29, 1.82) is 0 Å². The number of carbonyl (C=O) groups excluding carboxylic acids is 1. The molecule has 1 heterocycles. The molecule has 1 aliphatic heterocycles. The van der Waals surface area contributed by atoms with Crippen molar-refractivity contribution in [2.75, 3.05) is 0 Å². The molecule has 1 aromatic carbocycles. The highest BCUT2D eigenvalue weighted by molar-refractivity contribution is 5.91. The molecule has 0 bridgehead atoms. The minimum Gasteiger partial charge on any atom is -0.490 e. The van der Waals surface area contributed by atoms with Gasteiger partial charge in [0.25, 0.3) is 0 Å². The Bertz CT molecular complexity index is 505. The summed E-state index contributed by atoms with van der Waals surface area (Å²) in [5.41, 5.74) is -1.44. The molecule has 96 valence electrons. The number of alkyl halides is 3. The maximum absolute atomic E-state index is 12.6. The van der Waals surface area contributed by atoms with Gasteiger partial charge in [0, 0.05) is 6.08 Å². The zero-order valence-corrected chi connectivity index (χ0v) is 9.62. The second-order valence-electron chi connectivity index (χ2n) is 4.37. The van der Waals surface area contributed by atoms with Crippen LogP contribution in [-0.4, -0.2) is 5.78 Å². The van der Waals surface area contributed by atoms with Crippen molar-refractivity contribution in [3.63, 3.8) is 0 Å². The highest BCUT2D eigenvalue weighted by Gasteiger charge is 2.36. The summed E-state index contributed by atoms with van der Waals surface area (Å²) in [6.45, 7) is 1.60. The van der Waals surface area contributed by atoms with E-state index in [0.717, 1.165) is 12.1 Å². The van der Waals surface area contributed by atoms with Crippen LogP contribution in [-0.2, 0) is 21.3 Å². The third kappa shape index (κ3) is 2.39. The van der Waals surface area contributed by atoms with E-state index in [1.807, 2.05) is 0 Å². The van der Waals surface area contributed by atoms with E-state index in [1.165, 1.54) is 24.5 Å². The van der Waals surface area contributed by atoms with Crippen LogP contribution in [0.5, 0.6) is 0 Å². The van der Waals surface area contributed by atoms with Crippen LogP contribution < -0.4 is 0 Å². The van der Waals surface area contributed by atoms with Crippen molar-refractivity contribution < 1.29 is 22.7 Å². The summed E-state index contributed by atoms with van der Waals surface area (Å²) in [6.07, 6.45) is -1.87. The Balaban J connectivity index is 2.40. The largest absolute Gasteiger partial charge is 0.490 e. The van der Waals surface area contributed by atoms with Gasteiger partial charge in [0.2, 0.25) is 0 Å². The van der Waals surface area contributed by atoms with E-state index < -0.39 is 17.3 Å². The zero-order chi connectivity index (χ0) is 13.4. The Morgan fingerprint density at radius 1 is 1.33 bits per heavy atom. The molecule has 0 aliphatic carbocycles. The quantitative estimate of drug-likeness (QED) is 0.769. The molecule has 0 amide bonds. The number of carbonyl (C=O) groups is 1. The van der Waals surface area contributed by atoms with Gasteiger partial charge in [-0.25, -0.2) is 0 Å². The second kappa shape index (κ2) is 4.15. The molecule has 0 spiro atoms. The molecule has 1 aliphatic rings. The van der Waals surface area contributed by atoms with Gasteiger partial charge in [-0.05, 0) is 24.6 Å². The molecular formula is C13H11F3O2. The summed E-state index contributed by atoms with van der Waals surface area (Å²) < 4.78 is 43.2. The van der Waals surface area contributed by atoms with Crippen molar-refractivity contribution in [3.8, 4) is 0 Å². The minimum atomic E-state index is -4.40. The van der Waals surface area contributed by atoms with Gasteiger partial charge in [-0.3, -0.25) is 4.79 Å². The second-order valence-corrected chi connectivity index (χ2v) is 4.37. The molecule has 0 fully saturated rings. The van der Waals surface area contributed by atoms with Crippen LogP contribution in [0.25, 0.3) is 0 Å². The molecule has 1 unspecified atom stereocenters. The van der Waals surface area contributed by atoms with Crippen molar-refractivity contribution in [3.05, 3.63) is 47.7 Å². The van der Waals surface area contributed by atoms with Gasteiger partial charge in [-0.1, -0.05) is 12.1 Å². The predicted octanol–water partition coefficient (Wildman–Crippen LogP) is 3.42. The van der Waals surface area contributed by atoms with Crippen molar-refractivity contribution in [2.24, 2.45) is 0 Å². The summed E-state index contributed by atoms with van der Waals surface area (Å²) in [6, 6.07) is 4.86. The van der Waals surface area contributed by atoms with Crippen LogP contribution in [0.3, 0.4) is 0 Å². The van der Waals surface area contributed by atoms with Crippen molar-refractivity contribution in [1.82, 2.24) is 0 Å². The van der Waals surface area contributed by atoms with Gasteiger partial charge in [0.1, 0.15) is 5.60 Å². The average Bonchev–Trinajstić information content (AvgIpc) is 2.28. The zero-order valence-electron chi connectivity index (χ0n) is 9.62. The van der Waals surface area contributed by atoms with Crippen LogP contribution in [0.15, 0.2) is 36.6 Å². The number of ether oxygens (including phenoxy) is 1. The third-order valence-corrected chi connectivity index (χ3v) is 2.89. The first-order valence-electron chi connectivity index (χ1n) is 5.36. The SMILES string of the molecule is CC1(c2cccc(C(F)(F)F)c2)CC(=O)C=CO1. The number of benzene rings is 1. The fourth-order valence-electron chi connectivity index (χ4n) is 1.89. The van der Waals surface area contributed by atoms with Crippen molar-refractivity contribution >= 4 is 5.78 Å². The Kier molecular flexibility index (Phi) is 2.92.